The molecule has 1 aromatic heterocycles. The molecule has 1 fully saturated rings. The fraction of sp³-hybridized carbons (Fsp3) is 0.368. The molecule has 0 bridgehead atoms. The van der Waals surface area contributed by atoms with Crippen LogP contribution in [-0.2, 0) is 0 Å². The van der Waals surface area contributed by atoms with E-state index in [1.807, 2.05) is 48.2 Å². The number of likely N-dealkylation sites (tertiary alicyclic amines) is 1. The van der Waals surface area contributed by atoms with Crippen LogP contribution in [-0.4, -0.2) is 41.6 Å². The molecule has 0 aliphatic carbocycles. The third kappa shape index (κ3) is 3.85. The number of benzene rings is 1. The predicted molar refractivity (Wildman–Crippen MR) is 91.4 cm³/mol. The number of ether oxygens (including phenoxy) is 2. The Bertz CT molecular complexity index is 675. The average molecular weight is 326 g/mol. The summed E-state index contributed by atoms with van der Waals surface area (Å²) in [7, 11) is 0. The van der Waals surface area contributed by atoms with E-state index in [0.29, 0.717) is 24.5 Å². The molecular weight excluding hydrogens is 304 g/mol. The van der Waals surface area contributed by atoms with Crippen LogP contribution in [0.1, 0.15) is 30.1 Å². The van der Waals surface area contributed by atoms with Crippen molar-refractivity contribution in [3.63, 3.8) is 0 Å². The van der Waals surface area contributed by atoms with Crippen molar-refractivity contribution in [1.82, 2.24) is 9.88 Å². The molecule has 1 amide bonds. The fourth-order valence-corrected chi connectivity index (χ4v) is 2.92. The van der Waals surface area contributed by atoms with Crippen molar-refractivity contribution >= 4 is 5.91 Å². The molecule has 0 saturated carbocycles. The van der Waals surface area contributed by atoms with Crippen molar-refractivity contribution in [1.29, 1.82) is 0 Å². The first-order chi connectivity index (χ1) is 11.8. The van der Waals surface area contributed by atoms with Gasteiger partial charge in [-0.15, -0.1) is 0 Å². The normalized spacial score (nSPS) is 17.4. The van der Waals surface area contributed by atoms with E-state index in [9.17, 15) is 4.79 Å². The summed E-state index contributed by atoms with van der Waals surface area (Å²) in [5.74, 6) is 1.43. The Morgan fingerprint density at radius 1 is 1.25 bits per heavy atom. The van der Waals surface area contributed by atoms with Gasteiger partial charge in [-0.2, -0.15) is 0 Å². The second-order valence-electron chi connectivity index (χ2n) is 5.75. The Morgan fingerprint density at radius 3 is 2.83 bits per heavy atom. The monoisotopic (exact) mass is 326 g/mol. The first-order valence-corrected chi connectivity index (χ1v) is 8.35. The first kappa shape index (κ1) is 16.3. The van der Waals surface area contributed by atoms with Gasteiger partial charge < -0.3 is 14.4 Å². The molecule has 2 heterocycles. The minimum atomic E-state index is 0.00192. The van der Waals surface area contributed by atoms with Gasteiger partial charge in [0.05, 0.1) is 18.7 Å². The van der Waals surface area contributed by atoms with Crippen LogP contribution < -0.4 is 9.47 Å². The molecule has 1 unspecified atom stereocenters. The lowest BCUT2D eigenvalue weighted by atomic mass is 10.1. The third-order valence-electron chi connectivity index (χ3n) is 4.04. The number of carbonyl (C=O) groups excluding carboxylic acids is 1. The minimum absolute atomic E-state index is 0.00192. The Morgan fingerprint density at radius 2 is 2.04 bits per heavy atom. The maximum absolute atomic E-state index is 12.9. The SMILES string of the molecule is CCOc1ccccc1C(=O)N1CCCC(Oc2ccncc2)C1. The van der Waals surface area contributed by atoms with Gasteiger partial charge in [-0.1, -0.05) is 12.1 Å². The van der Waals surface area contributed by atoms with Crippen molar-refractivity contribution in [3.8, 4) is 11.5 Å². The highest BCUT2D eigenvalue weighted by molar-refractivity contribution is 5.97. The molecule has 1 aliphatic rings. The van der Waals surface area contributed by atoms with E-state index >= 15 is 0 Å². The summed E-state index contributed by atoms with van der Waals surface area (Å²) in [6.07, 6.45) is 5.29. The lowest BCUT2D eigenvalue weighted by Crippen LogP contribution is -2.44. The number of pyridine rings is 1. The van der Waals surface area contributed by atoms with Crippen LogP contribution in [0, 0.1) is 0 Å². The summed E-state index contributed by atoms with van der Waals surface area (Å²) in [4.78, 5) is 18.7. The van der Waals surface area contributed by atoms with Gasteiger partial charge in [0.15, 0.2) is 0 Å². The number of amides is 1. The van der Waals surface area contributed by atoms with Gasteiger partial charge in [-0.3, -0.25) is 9.78 Å². The standard InChI is InChI=1S/C19H22N2O3/c1-2-23-18-8-4-3-7-17(18)19(22)21-13-5-6-16(14-21)24-15-9-11-20-12-10-15/h3-4,7-12,16H,2,5-6,13-14H2,1H3. The van der Waals surface area contributed by atoms with Crippen molar-refractivity contribution in [3.05, 3.63) is 54.4 Å². The molecule has 0 spiro atoms. The molecule has 1 aliphatic heterocycles. The zero-order chi connectivity index (χ0) is 16.8. The summed E-state index contributed by atoms with van der Waals surface area (Å²) in [6.45, 7) is 3.79. The van der Waals surface area contributed by atoms with E-state index < -0.39 is 0 Å². The van der Waals surface area contributed by atoms with Crippen LogP contribution in [0.5, 0.6) is 11.5 Å². The van der Waals surface area contributed by atoms with Gasteiger partial charge >= 0.3 is 0 Å². The summed E-state index contributed by atoms with van der Waals surface area (Å²) in [5.41, 5.74) is 0.615. The lowest BCUT2D eigenvalue weighted by molar-refractivity contribution is 0.0534. The van der Waals surface area contributed by atoms with Crippen LogP contribution in [0.3, 0.4) is 0 Å². The van der Waals surface area contributed by atoms with E-state index in [1.165, 1.54) is 0 Å². The number of aromatic nitrogens is 1. The van der Waals surface area contributed by atoms with Crippen LogP contribution in [0.15, 0.2) is 48.8 Å². The molecule has 0 radical (unpaired) electrons. The van der Waals surface area contributed by atoms with Gasteiger partial charge in [0.1, 0.15) is 17.6 Å². The van der Waals surface area contributed by atoms with Crippen molar-refractivity contribution < 1.29 is 14.3 Å². The molecule has 0 N–H and O–H groups in total. The van der Waals surface area contributed by atoms with Gasteiger partial charge in [-0.25, -0.2) is 0 Å². The third-order valence-corrected chi connectivity index (χ3v) is 4.04. The number of carbonyl (C=O) groups is 1. The van der Waals surface area contributed by atoms with Gasteiger partial charge in [-0.05, 0) is 44.0 Å². The number of hydrogen-bond donors (Lipinski definition) is 0. The highest BCUT2D eigenvalue weighted by Crippen LogP contribution is 2.23. The zero-order valence-electron chi connectivity index (χ0n) is 13.9. The molecular formula is C19H22N2O3. The van der Waals surface area contributed by atoms with Crippen LogP contribution in [0.4, 0.5) is 0 Å². The predicted octanol–water partition coefficient (Wildman–Crippen LogP) is 3.16. The Kier molecular flexibility index (Phi) is 5.31. The summed E-state index contributed by atoms with van der Waals surface area (Å²) in [5, 5.41) is 0. The highest BCUT2D eigenvalue weighted by atomic mass is 16.5. The van der Waals surface area contributed by atoms with E-state index in [0.717, 1.165) is 25.1 Å². The van der Waals surface area contributed by atoms with Crippen LogP contribution in [0.2, 0.25) is 0 Å². The molecule has 126 valence electrons. The molecule has 3 rings (SSSR count). The largest absolute Gasteiger partial charge is 0.493 e. The first-order valence-electron chi connectivity index (χ1n) is 8.35. The second-order valence-corrected chi connectivity index (χ2v) is 5.75. The van der Waals surface area contributed by atoms with E-state index in [1.54, 1.807) is 12.4 Å². The number of rotatable bonds is 5. The topological polar surface area (TPSA) is 51.7 Å². The van der Waals surface area contributed by atoms with Crippen LogP contribution in [0.25, 0.3) is 0 Å². The summed E-state index contributed by atoms with van der Waals surface area (Å²) < 4.78 is 11.6. The van der Waals surface area contributed by atoms with Gasteiger partial charge in [0, 0.05) is 18.9 Å². The number of nitrogens with zero attached hydrogens (tertiary/aromatic N) is 2. The van der Waals surface area contributed by atoms with E-state index in [-0.39, 0.29) is 12.0 Å². The molecule has 1 atom stereocenters. The quantitative estimate of drug-likeness (QED) is 0.847. The van der Waals surface area contributed by atoms with Gasteiger partial charge in [0.2, 0.25) is 0 Å². The van der Waals surface area contributed by atoms with Crippen molar-refractivity contribution in [2.24, 2.45) is 0 Å². The molecule has 1 saturated heterocycles. The molecule has 5 nitrogen and oxygen atoms in total. The minimum Gasteiger partial charge on any atom is -0.493 e. The molecule has 24 heavy (non-hydrogen) atoms. The number of piperidine rings is 1. The Labute approximate surface area is 142 Å². The smallest absolute Gasteiger partial charge is 0.257 e. The average Bonchev–Trinajstić information content (AvgIpc) is 2.63. The maximum Gasteiger partial charge on any atom is 0.257 e. The second kappa shape index (κ2) is 7.81. The zero-order valence-corrected chi connectivity index (χ0v) is 13.9. The van der Waals surface area contributed by atoms with Crippen molar-refractivity contribution in [2.45, 2.75) is 25.9 Å². The Balaban J connectivity index is 1.69. The molecule has 5 heteroatoms. The van der Waals surface area contributed by atoms with E-state index in [2.05, 4.69) is 4.98 Å². The number of hydrogen-bond acceptors (Lipinski definition) is 4. The summed E-state index contributed by atoms with van der Waals surface area (Å²) in [6, 6.07) is 11.1. The fourth-order valence-electron chi connectivity index (χ4n) is 2.92. The highest BCUT2D eigenvalue weighted by Gasteiger charge is 2.27. The lowest BCUT2D eigenvalue weighted by Gasteiger charge is -2.33. The van der Waals surface area contributed by atoms with Crippen molar-refractivity contribution in [2.75, 3.05) is 19.7 Å². The molecule has 2 aromatic rings. The van der Waals surface area contributed by atoms with E-state index in [4.69, 9.17) is 9.47 Å². The van der Waals surface area contributed by atoms with Crippen LogP contribution >= 0.6 is 0 Å². The number of para-hydroxylation sites is 1. The Hall–Kier alpha value is -2.56. The van der Waals surface area contributed by atoms with Gasteiger partial charge in [0.25, 0.3) is 5.91 Å². The molecule has 1 aromatic carbocycles. The summed E-state index contributed by atoms with van der Waals surface area (Å²) >= 11 is 0. The maximum atomic E-state index is 12.9.